The fraction of sp³-hybridized carbons (Fsp3) is 0.471. The zero-order chi connectivity index (χ0) is 15.4. The number of hydrogen-bond acceptors (Lipinski definition) is 3. The van der Waals surface area contributed by atoms with E-state index < -0.39 is 0 Å². The van der Waals surface area contributed by atoms with Gasteiger partial charge in [-0.05, 0) is 30.5 Å². The van der Waals surface area contributed by atoms with Crippen molar-refractivity contribution in [1.29, 1.82) is 0 Å². The summed E-state index contributed by atoms with van der Waals surface area (Å²) in [7, 11) is 0. The molecule has 1 aliphatic carbocycles. The lowest BCUT2D eigenvalue weighted by Gasteiger charge is -2.34. The van der Waals surface area contributed by atoms with Gasteiger partial charge in [-0.15, -0.1) is 0 Å². The van der Waals surface area contributed by atoms with Crippen LogP contribution in [0.2, 0.25) is 0 Å². The minimum Gasteiger partial charge on any atom is -0.395 e. The topological polar surface area (TPSA) is 55.8 Å². The Morgan fingerprint density at radius 2 is 2.00 bits per heavy atom. The molecule has 0 atom stereocenters. The highest BCUT2D eigenvalue weighted by Crippen LogP contribution is 2.24. The van der Waals surface area contributed by atoms with E-state index in [1.54, 1.807) is 0 Å². The van der Waals surface area contributed by atoms with E-state index in [-0.39, 0.29) is 12.6 Å². The van der Waals surface area contributed by atoms with E-state index in [9.17, 15) is 4.79 Å². The van der Waals surface area contributed by atoms with E-state index in [0.29, 0.717) is 19.6 Å². The second kappa shape index (κ2) is 6.94. The highest BCUT2D eigenvalue weighted by molar-refractivity contribution is 5.89. The van der Waals surface area contributed by atoms with Crippen molar-refractivity contribution in [3.05, 3.63) is 41.5 Å². The van der Waals surface area contributed by atoms with Gasteiger partial charge in [0.05, 0.1) is 6.61 Å². The van der Waals surface area contributed by atoms with Gasteiger partial charge in [0, 0.05) is 38.4 Å². The summed E-state index contributed by atoms with van der Waals surface area (Å²) in [5, 5.41) is 11.9. The number of aliphatic hydroxyl groups excluding tert-OH is 1. The van der Waals surface area contributed by atoms with Gasteiger partial charge in [-0.1, -0.05) is 23.8 Å². The van der Waals surface area contributed by atoms with Crippen LogP contribution in [0.25, 0.3) is 0 Å². The molecule has 3 rings (SSSR count). The second-order valence-corrected chi connectivity index (χ2v) is 5.93. The fourth-order valence-electron chi connectivity index (χ4n) is 2.76. The molecular weight excluding hydrogens is 278 g/mol. The smallest absolute Gasteiger partial charge is 0.321 e. The maximum atomic E-state index is 12.3. The highest BCUT2D eigenvalue weighted by atomic mass is 16.3. The van der Waals surface area contributed by atoms with Crippen LogP contribution in [0.15, 0.2) is 35.9 Å². The van der Waals surface area contributed by atoms with Gasteiger partial charge in [-0.3, -0.25) is 4.90 Å². The van der Waals surface area contributed by atoms with Gasteiger partial charge >= 0.3 is 6.03 Å². The summed E-state index contributed by atoms with van der Waals surface area (Å²) in [4.78, 5) is 16.3. The number of rotatable bonds is 5. The zero-order valence-electron chi connectivity index (χ0n) is 12.8. The number of carbonyl (C=O) groups is 1. The maximum Gasteiger partial charge on any atom is 0.321 e. The summed E-state index contributed by atoms with van der Waals surface area (Å²) in [6.07, 6.45) is 4.36. The number of aliphatic hydroxyl groups is 1. The molecule has 0 radical (unpaired) electrons. The lowest BCUT2D eigenvalue weighted by molar-refractivity contribution is 0.127. The summed E-state index contributed by atoms with van der Waals surface area (Å²) in [5.41, 5.74) is 3.58. The molecule has 5 nitrogen and oxygen atoms in total. The number of carbonyl (C=O) groups excluding carboxylic acids is 1. The van der Waals surface area contributed by atoms with Gasteiger partial charge in [0.15, 0.2) is 0 Å². The molecule has 2 amide bonds. The third-order valence-corrected chi connectivity index (χ3v) is 4.18. The summed E-state index contributed by atoms with van der Waals surface area (Å²) in [6.45, 7) is 3.92. The lowest BCUT2D eigenvalue weighted by Crippen LogP contribution is -2.50. The molecule has 0 saturated carbocycles. The molecular formula is C17H23N3O2. The van der Waals surface area contributed by atoms with Crippen LogP contribution in [0.4, 0.5) is 10.5 Å². The monoisotopic (exact) mass is 301 g/mol. The Morgan fingerprint density at radius 3 is 2.68 bits per heavy atom. The number of benzene rings is 1. The largest absolute Gasteiger partial charge is 0.395 e. The van der Waals surface area contributed by atoms with Gasteiger partial charge in [-0.25, -0.2) is 4.79 Å². The minimum absolute atomic E-state index is 0.0357. The first-order valence-corrected chi connectivity index (χ1v) is 7.90. The standard InChI is InChI=1S/C17H23N3O2/c21-11-10-19-6-8-20(9-7-19)17(22)18-16-3-1-2-15(13-16)12-14-4-5-14/h1-4,13,21H,5-12H2,(H,18,22). The summed E-state index contributed by atoms with van der Waals surface area (Å²) in [6, 6.07) is 8.05. The van der Waals surface area contributed by atoms with Gasteiger partial charge in [0.25, 0.3) is 0 Å². The van der Waals surface area contributed by atoms with Crippen molar-refractivity contribution in [2.24, 2.45) is 0 Å². The predicted octanol–water partition coefficient (Wildman–Crippen LogP) is 1.70. The Morgan fingerprint density at radius 1 is 1.23 bits per heavy atom. The highest BCUT2D eigenvalue weighted by Gasteiger charge is 2.20. The first-order valence-electron chi connectivity index (χ1n) is 7.90. The van der Waals surface area contributed by atoms with Crippen LogP contribution in [0.3, 0.4) is 0 Å². The Bertz CT molecular complexity index is 563. The van der Waals surface area contributed by atoms with Crippen LogP contribution >= 0.6 is 0 Å². The van der Waals surface area contributed by atoms with E-state index in [0.717, 1.165) is 31.6 Å². The first-order chi connectivity index (χ1) is 10.7. The SMILES string of the molecule is O=C(Nc1cccc(CC2=CC2)c1)N1CCN(CCO)CC1. The predicted molar refractivity (Wildman–Crippen MR) is 87.0 cm³/mol. The Balaban J connectivity index is 1.52. The molecule has 22 heavy (non-hydrogen) atoms. The first kappa shape index (κ1) is 15.1. The molecule has 0 spiro atoms. The zero-order valence-corrected chi connectivity index (χ0v) is 12.8. The van der Waals surface area contributed by atoms with Crippen molar-refractivity contribution >= 4 is 11.7 Å². The number of β-amino-alcohol motifs (C(OH)–C–C–N with tert-alkyl or cyclic N) is 1. The van der Waals surface area contributed by atoms with Gasteiger partial charge in [0.2, 0.25) is 0 Å². The van der Waals surface area contributed by atoms with Crippen molar-refractivity contribution in [2.75, 3.05) is 44.6 Å². The third-order valence-electron chi connectivity index (χ3n) is 4.18. The van der Waals surface area contributed by atoms with Gasteiger partial charge < -0.3 is 15.3 Å². The number of nitrogens with zero attached hydrogens (tertiary/aromatic N) is 2. The molecule has 1 aliphatic heterocycles. The molecule has 1 fully saturated rings. The van der Waals surface area contributed by atoms with Crippen LogP contribution in [-0.2, 0) is 6.42 Å². The Kier molecular flexibility index (Phi) is 4.75. The number of nitrogens with one attached hydrogen (secondary N) is 1. The molecule has 0 unspecified atom stereocenters. The third kappa shape index (κ3) is 4.08. The minimum atomic E-state index is -0.0357. The second-order valence-electron chi connectivity index (χ2n) is 5.93. The molecule has 118 valence electrons. The quantitative estimate of drug-likeness (QED) is 0.814. The van der Waals surface area contributed by atoms with E-state index in [1.807, 2.05) is 17.0 Å². The molecule has 2 aliphatic rings. The van der Waals surface area contributed by atoms with Crippen LogP contribution in [0.5, 0.6) is 0 Å². The number of piperazine rings is 1. The van der Waals surface area contributed by atoms with Crippen molar-refractivity contribution in [1.82, 2.24) is 9.80 Å². The van der Waals surface area contributed by atoms with Crippen molar-refractivity contribution in [2.45, 2.75) is 12.8 Å². The number of urea groups is 1. The molecule has 1 aromatic carbocycles. The van der Waals surface area contributed by atoms with Crippen LogP contribution in [-0.4, -0.2) is 60.3 Å². The van der Waals surface area contributed by atoms with Gasteiger partial charge in [0.1, 0.15) is 0 Å². The summed E-state index contributed by atoms with van der Waals surface area (Å²) in [5.74, 6) is 0. The Labute approximate surface area is 131 Å². The number of anilines is 1. The normalized spacial score (nSPS) is 18.0. The van der Waals surface area contributed by atoms with Crippen LogP contribution in [0.1, 0.15) is 12.0 Å². The maximum absolute atomic E-state index is 12.3. The average Bonchev–Trinajstić information content (AvgIpc) is 3.32. The van der Waals surface area contributed by atoms with Crippen molar-refractivity contribution < 1.29 is 9.90 Å². The Hall–Kier alpha value is -1.85. The van der Waals surface area contributed by atoms with Gasteiger partial charge in [-0.2, -0.15) is 0 Å². The number of allylic oxidation sites excluding steroid dienone is 2. The molecule has 1 saturated heterocycles. The lowest BCUT2D eigenvalue weighted by atomic mass is 10.1. The average molecular weight is 301 g/mol. The number of hydrogen-bond donors (Lipinski definition) is 2. The fourth-order valence-corrected chi connectivity index (χ4v) is 2.76. The molecule has 5 heteroatoms. The van der Waals surface area contributed by atoms with E-state index >= 15 is 0 Å². The van der Waals surface area contributed by atoms with E-state index in [1.165, 1.54) is 11.1 Å². The number of amides is 2. The molecule has 1 heterocycles. The molecule has 0 aromatic heterocycles. The molecule has 0 bridgehead atoms. The van der Waals surface area contributed by atoms with Crippen molar-refractivity contribution in [3.8, 4) is 0 Å². The molecule has 1 aromatic rings. The molecule has 2 N–H and O–H groups in total. The van der Waals surface area contributed by atoms with Crippen LogP contribution < -0.4 is 5.32 Å². The summed E-state index contributed by atoms with van der Waals surface area (Å²) < 4.78 is 0. The van der Waals surface area contributed by atoms with Crippen molar-refractivity contribution in [3.63, 3.8) is 0 Å². The van der Waals surface area contributed by atoms with E-state index in [2.05, 4.69) is 28.4 Å². The summed E-state index contributed by atoms with van der Waals surface area (Å²) >= 11 is 0. The van der Waals surface area contributed by atoms with E-state index in [4.69, 9.17) is 5.11 Å². The van der Waals surface area contributed by atoms with Crippen LogP contribution in [0, 0.1) is 0 Å².